The lowest BCUT2D eigenvalue weighted by Gasteiger charge is -2.18. The number of benzene rings is 3. The maximum Gasteiger partial charge on any atom is 0.336 e. The third-order valence-electron chi connectivity index (χ3n) is 5.19. The van der Waals surface area contributed by atoms with Gasteiger partial charge in [-0.25, -0.2) is 13.2 Å². The van der Waals surface area contributed by atoms with Crippen LogP contribution in [0.4, 0.5) is 5.69 Å². The number of Topliss-reactive ketones (excluding diaryl/α,β-unsaturated/α-hetero) is 1. The number of fused-ring (bicyclic) bond motifs is 1. The fraction of sp³-hybridized carbons (Fsp3) is 0.0870. The number of ether oxygens (including phenoxy) is 1. The zero-order valence-electron chi connectivity index (χ0n) is 19.1. The van der Waals surface area contributed by atoms with Crippen molar-refractivity contribution in [3.05, 3.63) is 80.8 Å². The zero-order chi connectivity index (χ0) is 27.6. The number of halogens is 3. The van der Waals surface area contributed by atoms with Crippen molar-refractivity contribution in [2.75, 3.05) is 11.8 Å². The summed E-state index contributed by atoms with van der Waals surface area (Å²) in [6.45, 7) is 0. The number of carbonyl (C=O) groups excluding carboxylic acids is 3. The van der Waals surface area contributed by atoms with Gasteiger partial charge < -0.3 is 10.1 Å². The molecule has 2 N–H and O–H groups in total. The second-order valence-electron chi connectivity index (χ2n) is 7.61. The molecule has 1 atom stereocenters. The number of nitrogens with one attached hydrogen (secondary N) is 2. The van der Waals surface area contributed by atoms with E-state index in [2.05, 4.69) is 23.5 Å². The second-order valence-corrected chi connectivity index (χ2v) is 11.0. The summed E-state index contributed by atoms with van der Waals surface area (Å²) in [5.41, 5.74) is 0.0787. The maximum atomic E-state index is 13.2. The molecule has 4 rings (SSSR count). The number of hydrogen-bond acceptors (Lipinski definition) is 9. The molecule has 1 amide bonds. The minimum Gasteiger partial charge on any atom is -0.467 e. The van der Waals surface area contributed by atoms with Crippen LogP contribution in [0.15, 0.2) is 59.5 Å². The molecule has 0 aliphatic carbocycles. The molecule has 1 heterocycles. The van der Waals surface area contributed by atoms with Crippen molar-refractivity contribution in [1.29, 1.82) is 0 Å². The van der Waals surface area contributed by atoms with Crippen LogP contribution in [0.5, 0.6) is 0 Å². The Kier molecular flexibility index (Phi) is 8.19. The van der Waals surface area contributed by atoms with Gasteiger partial charge in [-0.2, -0.15) is 8.75 Å². The predicted octanol–water partition coefficient (Wildman–Crippen LogP) is 4.61. The molecule has 0 aliphatic heterocycles. The van der Waals surface area contributed by atoms with E-state index in [9.17, 15) is 22.8 Å². The SMILES string of the molecule is COC(=O)C(NC(=O)c1ccc(Cl)cc1NS(=O)(=O)c1cccc2nsnc12)C(=O)c1ccc(Cl)c(Cl)c1. The van der Waals surface area contributed by atoms with E-state index in [0.29, 0.717) is 5.52 Å². The molecule has 0 bridgehead atoms. The van der Waals surface area contributed by atoms with Gasteiger partial charge >= 0.3 is 5.97 Å². The van der Waals surface area contributed by atoms with Crippen molar-refractivity contribution < 1.29 is 27.5 Å². The summed E-state index contributed by atoms with van der Waals surface area (Å²) in [5.74, 6) is -2.85. The summed E-state index contributed by atoms with van der Waals surface area (Å²) in [6, 6.07) is 10.4. The predicted molar refractivity (Wildman–Crippen MR) is 144 cm³/mol. The summed E-state index contributed by atoms with van der Waals surface area (Å²) >= 11 is 18.8. The minimum absolute atomic E-state index is 0.0166. The molecule has 3 aromatic carbocycles. The first-order valence-electron chi connectivity index (χ1n) is 10.4. The lowest BCUT2D eigenvalue weighted by Crippen LogP contribution is -2.47. The van der Waals surface area contributed by atoms with E-state index in [1.54, 1.807) is 6.07 Å². The number of hydrogen-bond donors (Lipinski definition) is 2. The molecule has 1 unspecified atom stereocenters. The molecule has 38 heavy (non-hydrogen) atoms. The van der Waals surface area contributed by atoms with E-state index in [0.717, 1.165) is 18.8 Å². The van der Waals surface area contributed by atoms with E-state index in [1.807, 2.05) is 0 Å². The zero-order valence-corrected chi connectivity index (χ0v) is 23.0. The number of anilines is 1. The highest BCUT2D eigenvalue weighted by Gasteiger charge is 2.32. The first-order chi connectivity index (χ1) is 18.0. The first kappa shape index (κ1) is 27.7. The average Bonchev–Trinajstić information content (AvgIpc) is 3.36. The molecule has 0 spiro atoms. The van der Waals surface area contributed by atoms with Gasteiger partial charge in [-0.1, -0.05) is 40.9 Å². The number of carbonyl (C=O) groups is 3. The molecule has 0 aliphatic rings. The third-order valence-corrected chi connectivity index (χ3v) is 8.10. The Labute approximate surface area is 235 Å². The smallest absolute Gasteiger partial charge is 0.336 e. The van der Waals surface area contributed by atoms with Crippen LogP contribution >= 0.6 is 46.5 Å². The van der Waals surface area contributed by atoms with Gasteiger partial charge in [-0.3, -0.25) is 14.3 Å². The third kappa shape index (κ3) is 5.74. The second kappa shape index (κ2) is 11.2. The van der Waals surface area contributed by atoms with Crippen molar-refractivity contribution in [2.24, 2.45) is 0 Å². The Hall–Kier alpha value is -3.29. The molecule has 0 fully saturated rings. The van der Waals surface area contributed by atoms with Crippen molar-refractivity contribution in [3.8, 4) is 0 Å². The van der Waals surface area contributed by atoms with E-state index in [4.69, 9.17) is 34.8 Å². The number of sulfonamides is 1. The molecule has 4 aromatic rings. The fourth-order valence-electron chi connectivity index (χ4n) is 3.37. The van der Waals surface area contributed by atoms with Crippen LogP contribution in [-0.4, -0.2) is 48.0 Å². The van der Waals surface area contributed by atoms with Crippen LogP contribution in [0.25, 0.3) is 11.0 Å². The van der Waals surface area contributed by atoms with Gasteiger partial charge in [0.2, 0.25) is 0 Å². The topological polar surface area (TPSA) is 144 Å². The monoisotopic (exact) mass is 612 g/mol. The molecular weight excluding hydrogens is 599 g/mol. The van der Waals surface area contributed by atoms with Crippen LogP contribution in [-0.2, 0) is 19.6 Å². The number of amides is 1. The van der Waals surface area contributed by atoms with Crippen LogP contribution < -0.4 is 10.0 Å². The minimum atomic E-state index is -4.27. The van der Waals surface area contributed by atoms with E-state index >= 15 is 0 Å². The summed E-state index contributed by atoms with van der Waals surface area (Å²) < 4.78 is 41.5. The van der Waals surface area contributed by atoms with Crippen LogP contribution in [0.3, 0.4) is 0 Å². The molecule has 10 nitrogen and oxygen atoms in total. The van der Waals surface area contributed by atoms with Gasteiger partial charge in [0, 0.05) is 10.6 Å². The summed E-state index contributed by atoms with van der Waals surface area (Å²) in [7, 11) is -3.23. The van der Waals surface area contributed by atoms with Crippen LogP contribution in [0, 0.1) is 0 Å². The van der Waals surface area contributed by atoms with Crippen LogP contribution in [0.1, 0.15) is 20.7 Å². The Morgan fingerprint density at radius 1 is 0.974 bits per heavy atom. The summed E-state index contributed by atoms with van der Waals surface area (Å²) in [6.07, 6.45) is 0. The highest BCUT2D eigenvalue weighted by atomic mass is 35.5. The number of nitrogens with zero attached hydrogens (tertiary/aromatic N) is 2. The number of aromatic nitrogens is 2. The van der Waals surface area contributed by atoms with Crippen molar-refractivity contribution >= 4 is 90.9 Å². The normalized spacial score (nSPS) is 12.1. The molecule has 15 heteroatoms. The van der Waals surface area contributed by atoms with Crippen molar-refractivity contribution in [2.45, 2.75) is 10.9 Å². The standard InChI is InChI=1S/C23H15Cl3N4O6S2/c1-36-23(33)20(21(31)11-5-8-14(25)15(26)9-11)27-22(32)13-7-6-12(24)10-17(13)30-38(34,35)18-4-2-3-16-19(18)29-37-28-16/h2-10,20,30H,1H3,(H,27,32). The lowest BCUT2D eigenvalue weighted by atomic mass is 10.0. The first-order valence-corrected chi connectivity index (χ1v) is 13.8. The largest absolute Gasteiger partial charge is 0.467 e. The van der Waals surface area contributed by atoms with Gasteiger partial charge in [0.15, 0.2) is 11.8 Å². The molecule has 0 saturated heterocycles. The van der Waals surface area contributed by atoms with Gasteiger partial charge in [0.05, 0.1) is 40.1 Å². The van der Waals surface area contributed by atoms with Gasteiger partial charge in [0.25, 0.3) is 15.9 Å². The van der Waals surface area contributed by atoms with E-state index in [-0.39, 0.29) is 42.3 Å². The fourth-order valence-corrected chi connectivity index (χ4v) is 5.68. The molecular formula is C23H15Cl3N4O6S2. The molecule has 0 saturated carbocycles. The number of methoxy groups -OCH3 is 1. The van der Waals surface area contributed by atoms with Gasteiger partial charge in [0.1, 0.15) is 15.9 Å². The highest BCUT2D eigenvalue weighted by Crippen LogP contribution is 2.28. The van der Waals surface area contributed by atoms with Gasteiger partial charge in [-0.15, -0.1) is 0 Å². The number of esters is 1. The average molecular weight is 614 g/mol. The maximum absolute atomic E-state index is 13.2. The Balaban J connectivity index is 1.67. The summed E-state index contributed by atoms with van der Waals surface area (Å²) in [5, 5.41) is 2.65. The van der Waals surface area contributed by atoms with E-state index < -0.39 is 33.7 Å². The lowest BCUT2D eigenvalue weighted by molar-refractivity contribution is -0.141. The molecule has 0 radical (unpaired) electrons. The van der Waals surface area contributed by atoms with Crippen LogP contribution in [0.2, 0.25) is 15.1 Å². The Morgan fingerprint density at radius 2 is 1.74 bits per heavy atom. The molecule has 1 aromatic heterocycles. The quantitative estimate of drug-likeness (QED) is 0.167. The van der Waals surface area contributed by atoms with Gasteiger partial charge in [-0.05, 0) is 48.5 Å². The van der Waals surface area contributed by atoms with Crippen molar-refractivity contribution in [3.63, 3.8) is 0 Å². The molecule has 196 valence electrons. The summed E-state index contributed by atoms with van der Waals surface area (Å²) in [4.78, 5) is 38.6. The Morgan fingerprint density at radius 3 is 2.45 bits per heavy atom. The van der Waals surface area contributed by atoms with E-state index in [1.165, 1.54) is 48.5 Å². The van der Waals surface area contributed by atoms with Crippen molar-refractivity contribution in [1.82, 2.24) is 14.1 Å². The number of rotatable bonds is 8. The Bertz CT molecular complexity index is 1690. The number of ketones is 1. The highest BCUT2D eigenvalue weighted by molar-refractivity contribution is 7.93.